The Bertz CT molecular complexity index is 757. The van der Waals surface area contributed by atoms with Gasteiger partial charge in [0.25, 0.3) is 0 Å². The van der Waals surface area contributed by atoms with Gasteiger partial charge in [-0.1, -0.05) is 48.5 Å². The normalized spacial score (nSPS) is 22.0. The van der Waals surface area contributed by atoms with Crippen molar-refractivity contribution >= 4 is 34.2 Å². The molecule has 3 rings (SSSR count). The van der Waals surface area contributed by atoms with Gasteiger partial charge in [0.05, 0.1) is 10.1 Å². The van der Waals surface area contributed by atoms with Crippen LogP contribution in [0.25, 0.3) is 0 Å². The summed E-state index contributed by atoms with van der Waals surface area (Å²) in [6.45, 7) is 0. The maximum atomic E-state index is 13.1. The highest BCUT2D eigenvalue weighted by molar-refractivity contribution is 8.00. The van der Waals surface area contributed by atoms with Crippen LogP contribution < -0.4 is 0 Å². The van der Waals surface area contributed by atoms with Crippen molar-refractivity contribution in [1.29, 1.82) is 0 Å². The monoisotopic (exact) mass is 364 g/mol. The first kappa shape index (κ1) is 16.9. The zero-order valence-corrected chi connectivity index (χ0v) is 15.3. The van der Waals surface area contributed by atoms with Crippen LogP contribution in [-0.2, 0) is 9.84 Å². The third-order valence-electron chi connectivity index (χ3n) is 4.16. The number of hydrogen-bond donors (Lipinski definition) is 1. The van der Waals surface area contributed by atoms with Gasteiger partial charge in [0.2, 0.25) is 0 Å². The van der Waals surface area contributed by atoms with E-state index in [1.54, 1.807) is 6.07 Å². The fourth-order valence-corrected chi connectivity index (χ4v) is 6.82. The van der Waals surface area contributed by atoms with Crippen molar-refractivity contribution in [3.63, 3.8) is 0 Å². The zero-order chi connectivity index (χ0) is 16.3. The third kappa shape index (κ3) is 3.95. The first-order valence-corrected chi connectivity index (χ1v) is 10.7. The molecule has 1 saturated carbocycles. The second kappa shape index (κ2) is 7.32. The number of sulfone groups is 1. The lowest BCUT2D eigenvalue weighted by atomic mass is 10.00. The van der Waals surface area contributed by atoms with Crippen molar-refractivity contribution in [2.45, 2.75) is 50.9 Å². The summed E-state index contributed by atoms with van der Waals surface area (Å²) in [6.07, 6.45) is 3.33. The van der Waals surface area contributed by atoms with Crippen molar-refractivity contribution in [2.24, 2.45) is 0 Å². The van der Waals surface area contributed by atoms with Gasteiger partial charge in [-0.15, -0.1) is 0 Å². The first-order valence-electron chi connectivity index (χ1n) is 7.81. The Morgan fingerprint density at radius 2 is 1.65 bits per heavy atom. The van der Waals surface area contributed by atoms with Crippen LogP contribution in [0.1, 0.15) is 25.7 Å². The molecule has 2 aromatic carbocycles. The second-order valence-corrected chi connectivity index (χ2v) is 9.89. The fraction of sp³-hybridized carbons (Fsp3) is 0.333. The van der Waals surface area contributed by atoms with Gasteiger partial charge in [0.1, 0.15) is 0 Å². The standard InChI is InChI=1S/C18H20O2S3/c19-23(20,16-10-6-7-14(21)13-16)18-12-5-4-11-17(18)22-15-8-2-1-3-9-15/h1-5,8-9,11-12,14,16,21H,6-7,10,13H2/t14-,16-/m1/s1. The topological polar surface area (TPSA) is 34.1 Å². The Hall–Kier alpha value is -0.910. The zero-order valence-electron chi connectivity index (χ0n) is 12.8. The van der Waals surface area contributed by atoms with Gasteiger partial charge in [-0.05, 0) is 43.5 Å². The lowest BCUT2D eigenvalue weighted by Gasteiger charge is -2.26. The Labute approximate surface area is 148 Å². The highest BCUT2D eigenvalue weighted by Crippen LogP contribution is 2.37. The van der Waals surface area contributed by atoms with Crippen molar-refractivity contribution in [1.82, 2.24) is 0 Å². The average Bonchev–Trinajstić information content (AvgIpc) is 2.56. The van der Waals surface area contributed by atoms with Gasteiger partial charge in [-0.2, -0.15) is 12.6 Å². The van der Waals surface area contributed by atoms with Crippen LogP contribution in [0, 0.1) is 0 Å². The predicted octanol–water partition coefficient (Wildman–Crippen LogP) is 4.85. The molecule has 0 aromatic heterocycles. The smallest absolute Gasteiger partial charge is 0.182 e. The number of benzene rings is 2. The van der Waals surface area contributed by atoms with Gasteiger partial charge in [0, 0.05) is 15.0 Å². The molecule has 0 aliphatic heterocycles. The number of thiol groups is 1. The van der Waals surface area contributed by atoms with E-state index < -0.39 is 9.84 Å². The SMILES string of the molecule is O=S(=O)(c1ccccc1Sc1ccccc1)[C@@H]1CCC[C@@H](S)C1. The maximum Gasteiger partial charge on any atom is 0.182 e. The van der Waals surface area contributed by atoms with E-state index in [2.05, 4.69) is 12.6 Å². The van der Waals surface area contributed by atoms with Crippen LogP contribution in [0.15, 0.2) is 69.3 Å². The molecule has 23 heavy (non-hydrogen) atoms. The minimum atomic E-state index is -3.32. The molecule has 122 valence electrons. The summed E-state index contributed by atoms with van der Waals surface area (Å²) in [5, 5.41) is -0.117. The third-order valence-corrected chi connectivity index (χ3v) is 8.12. The van der Waals surface area contributed by atoms with E-state index in [4.69, 9.17) is 0 Å². The molecule has 2 aromatic rings. The van der Waals surface area contributed by atoms with Crippen LogP contribution >= 0.6 is 24.4 Å². The Balaban J connectivity index is 1.93. The molecule has 0 spiro atoms. The minimum absolute atomic E-state index is 0.192. The van der Waals surface area contributed by atoms with E-state index in [0.29, 0.717) is 11.3 Å². The van der Waals surface area contributed by atoms with Crippen molar-refractivity contribution in [3.8, 4) is 0 Å². The maximum absolute atomic E-state index is 13.1. The second-order valence-electron chi connectivity index (χ2n) is 5.85. The first-order chi connectivity index (χ1) is 11.1. The molecule has 0 bridgehead atoms. The highest BCUT2D eigenvalue weighted by Gasteiger charge is 2.33. The molecule has 1 aliphatic carbocycles. The van der Waals surface area contributed by atoms with E-state index in [0.717, 1.165) is 29.1 Å². The molecular formula is C18H20O2S3. The molecule has 1 fully saturated rings. The molecule has 0 saturated heterocycles. The summed E-state index contributed by atoms with van der Waals surface area (Å²) in [6, 6.07) is 17.2. The molecule has 0 unspecified atom stereocenters. The predicted molar refractivity (Wildman–Crippen MR) is 99.2 cm³/mol. The van der Waals surface area contributed by atoms with Crippen LogP contribution in [0.5, 0.6) is 0 Å². The van der Waals surface area contributed by atoms with Crippen LogP contribution in [0.3, 0.4) is 0 Å². The van der Waals surface area contributed by atoms with E-state index in [9.17, 15) is 8.42 Å². The quantitative estimate of drug-likeness (QED) is 0.787. The summed E-state index contributed by atoms with van der Waals surface area (Å²) in [5.41, 5.74) is 0. The number of hydrogen-bond acceptors (Lipinski definition) is 4. The van der Waals surface area contributed by atoms with Gasteiger partial charge in [-0.25, -0.2) is 8.42 Å². The van der Waals surface area contributed by atoms with Crippen LogP contribution in [0.2, 0.25) is 0 Å². The van der Waals surface area contributed by atoms with Crippen LogP contribution in [-0.4, -0.2) is 18.9 Å². The molecule has 1 aliphatic rings. The molecule has 2 nitrogen and oxygen atoms in total. The van der Waals surface area contributed by atoms with Crippen molar-refractivity contribution in [3.05, 3.63) is 54.6 Å². The molecule has 0 heterocycles. The van der Waals surface area contributed by atoms with E-state index >= 15 is 0 Å². The molecule has 2 atom stereocenters. The van der Waals surface area contributed by atoms with Gasteiger partial charge in [-0.3, -0.25) is 0 Å². The minimum Gasteiger partial charge on any atom is -0.223 e. The molecule has 0 radical (unpaired) electrons. The largest absolute Gasteiger partial charge is 0.223 e. The van der Waals surface area contributed by atoms with Gasteiger partial charge < -0.3 is 0 Å². The van der Waals surface area contributed by atoms with Crippen molar-refractivity contribution < 1.29 is 8.42 Å². The molecular weight excluding hydrogens is 344 g/mol. The summed E-state index contributed by atoms with van der Waals surface area (Å²) in [7, 11) is -3.32. The number of rotatable bonds is 4. The molecule has 0 amide bonds. The Morgan fingerprint density at radius 3 is 2.39 bits per heavy atom. The lowest BCUT2D eigenvalue weighted by molar-refractivity contribution is 0.493. The Kier molecular flexibility index (Phi) is 5.39. The molecule has 0 N–H and O–H groups in total. The summed E-state index contributed by atoms with van der Waals surface area (Å²) in [5.74, 6) is 0. The van der Waals surface area contributed by atoms with Crippen LogP contribution in [0.4, 0.5) is 0 Å². The lowest BCUT2D eigenvalue weighted by Crippen LogP contribution is -2.29. The molecule has 5 heteroatoms. The van der Waals surface area contributed by atoms with Crippen molar-refractivity contribution in [2.75, 3.05) is 0 Å². The van der Waals surface area contributed by atoms with Gasteiger partial charge in [0.15, 0.2) is 9.84 Å². The summed E-state index contributed by atoms with van der Waals surface area (Å²) in [4.78, 5) is 2.31. The summed E-state index contributed by atoms with van der Waals surface area (Å²) >= 11 is 6.01. The average molecular weight is 365 g/mol. The highest BCUT2D eigenvalue weighted by atomic mass is 32.2. The van der Waals surface area contributed by atoms with Gasteiger partial charge >= 0.3 is 0 Å². The van der Waals surface area contributed by atoms with E-state index in [1.165, 1.54) is 11.8 Å². The fourth-order valence-electron chi connectivity index (χ4n) is 2.97. The van der Waals surface area contributed by atoms with E-state index in [1.807, 2.05) is 48.5 Å². The summed E-state index contributed by atoms with van der Waals surface area (Å²) < 4.78 is 26.2. The Morgan fingerprint density at radius 1 is 0.957 bits per heavy atom. The van der Waals surface area contributed by atoms with E-state index in [-0.39, 0.29) is 10.5 Å².